The van der Waals surface area contributed by atoms with Crippen molar-refractivity contribution >= 4 is 5.97 Å². The van der Waals surface area contributed by atoms with Crippen molar-refractivity contribution in [3.63, 3.8) is 0 Å². The highest BCUT2D eigenvalue weighted by Gasteiger charge is 2.25. The monoisotopic (exact) mass is 367 g/mol. The Balaban J connectivity index is 1.80. The fourth-order valence-corrected chi connectivity index (χ4v) is 3.93. The summed E-state index contributed by atoms with van der Waals surface area (Å²) in [5.74, 6) is -1.03. The van der Waals surface area contributed by atoms with Gasteiger partial charge in [0.25, 0.3) is 0 Å². The van der Waals surface area contributed by atoms with E-state index < -0.39 is 5.97 Å². The first-order chi connectivity index (χ1) is 13.7. The molecule has 0 atom stereocenters. The second-order valence-corrected chi connectivity index (χ2v) is 6.81. The van der Waals surface area contributed by atoms with Crippen molar-refractivity contribution in [3.05, 3.63) is 90.0 Å². The van der Waals surface area contributed by atoms with Gasteiger partial charge in [0.15, 0.2) is 0 Å². The molecular formula is C23H17N3O2. The van der Waals surface area contributed by atoms with Crippen LogP contribution in [0.4, 0.5) is 0 Å². The Bertz CT molecular complexity index is 1200. The summed E-state index contributed by atoms with van der Waals surface area (Å²) in [6, 6.07) is 19.9. The Morgan fingerprint density at radius 1 is 0.929 bits per heavy atom. The maximum absolute atomic E-state index is 11.4. The lowest BCUT2D eigenvalue weighted by molar-refractivity contribution is 0.0690. The van der Waals surface area contributed by atoms with Gasteiger partial charge in [0.2, 0.25) is 0 Å². The van der Waals surface area contributed by atoms with Crippen LogP contribution in [0.3, 0.4) is 0 Å². The van der Waals surface area contributed by atoms with Gasteiger partial charge in [-0.05, 0) is 48.2 Å². The smallest absolute Gasteiger partial charge is 0.354 e. The highest BCUT2D eigenvalue weighted by Crippen LogP contribution is 2.39. The minimum atomic E-state index is -1.03. The van der Waals surface area contributed by atoms with Crippen molar-refractivity contribution < 1.29 is 9.90 Å². The zero-order valence-electron chi connectivity index (χ0n) is 15.0. The number of rotatable bonds is 3. The van der Waals surface area contributed by atoms with Crippen molar-refractivity contribution in [1.82, 2.24) is 14.5 Å². The number of pyridine rings is 2. The first kappa shape index (κ1) is 16.4. The first-order valence-corrected chi connectivity index (χ1v) is 9.16. The summed E-state index contributed by atoms with van der Waals surface area (Å²) in [5.41, 5.74) is 7.43. The van der Waals surface area contributed by atoms with Gasteiger partial charge in [-0.15, -0.1) is 0 Å². The van der Waals surface area contributed by atoms with Gasteiger partial charge in [-0.1, -0.05) is 36.4 Å². The molecule has 1 aliphatic rings. The molecule has 136 valence electrons. The number of carbonyl (C=O) groups is 1. The Labute approximate surface area is 162 Å². The summed E-state index contributed by atoms with van der Waals surface area (Å²) in [6.07, 6.45) is 5.15. The molecule has 28 heavy (non-hydrogen) atoms. The van der Waals surface area contributed by atoms with Gasteiger partial charge in [0, 0.05) is 29.3 Å². The van der Waals surface area contributed by atoms with Gasteiger partial charge in [-0.25, -0.2) is 9.78 Å². The number of nitrogens with zero attached hydrogens (tertiary/aromatic N) is 3. The van der Waals surface area contributed by atoms with Crippen molar-refractivity contribution in [1.29, 1.82) is 0 Å². The highest BCUT2D eigenvalue weighted by atomic mass is 16.4. The number of carboxylic acids is 1. The topological polar surface area (TPSA) is 68.0 Å². The second kappa shape index (κ2) is 6.46. The van der Waals surface area contributed by atoms with Crippen LogP contribution in [0.2, 0.25) is 0 Å². The predicted octanol–water partition coefficient (Wildman–Crippen LogP) is 4.40. The van der Waals surface area contributed by atoms with E-state index >= 15 is 0 Å². The van der Waals surface area contributed by atoms with Crippen LogP contribution in [-0.4, -0.2) is 25.6 Å². The Morgan fingerprint density at radius 3 is 2.61 bits per heavy atom. The molecule has 3 aromatic heterocycles. The molecule has 0 fully saturated rings. The van der Waals surface area contributed by atoms with Crippen LogP contribution in [0.15, 0.2) is 73.1 Å². The standard InChI is InChI=1S/C23H17N3O2/c27-23(28)19-13-17(10-12-24-19)26-20-9-8-16-7-4-11-25-22(16)18(20)14-21(26)15-5-2-1-3-6-15/h1-7,10-14H,8-9H2,(H,27,28). The number of benzene rings is 1. The zero-order chi connectivity index (χ0) is 19.1. The van der Waals surface area contributed by atoms with Gasteiger partial charge in [0.1, 0.15) is 5.69 Å². The molecule has 1 aromatic carbocycles. The molecule has 0 radical (unpaired) electrons. The van der Waals surface area contributed by atoms with Crippen molar-refractivity contribution in [3.8, 4) is 28.2 Å². The lowest BCUT2D eigenvalue weighted by Crippen LogP contribution is -2.10. The molecule has 5 heteroatoms. The minimum Gasteiger partial charge on any atom is -0.477 e. The van der Waals surface area contributed by atoms with E-state index in [1.165, 1.54) is 5.56 Å². The molecule has 0 aliphatic heterocycles. The largest absolute Gasteiger partial charge is 0.477 e. The van der Waals surface area contributed by atoms with E-state index in [9.17, 15) is 9.90 Å². The van der Waals surface area contributed by atoms with Crippen molar-refractivity contribution in [2.45, 2.75) is 12.8 Å². The van der Waals surface area contributed by atoms with Crippen molar-refractivity contribution in [2.75, 3.05) is 0 Å². The fraction of sp³-hybridized carbons (Fsp3) is 0.0870. The molecule has 0 saturated heterocycles. The van der Waals surface area contributed by atoms with Crippen LogP contribution in [0.5, 0.6) is 0 Å². The zero-order valence-corrected chi connectivity index (χ0v) is 15.0. The summed E-state index contributed by atoms with van der Waals surface area (Å²) in [6.45, 7) is 0. The van der Waals surface area contributed by atoms with Crippen LogP contribution >= 0.6 is 0 Å². The number of hydrogen-bond donors (Lipinski definition) is 1. The molecule has 5 rings (SSSR count). The molecule has 1 aliphatic carbocycles. The number of fused-ring (bicyclic) bond motifs is 3. The summed E-state index contributed by atoms with van der Waals surface area (Å²) in [5, 5.41) is 9.38. The average molecular weight is 367 g/mol. The van der Waals surface area contributed by atoms with Gasteiger partial charge in [0.05, 0.1) is 11.4 Å². The predicted molar refractivity (Wildman–Crippen MR) is 107 cm³/mol. The second-order valence-electron chi connectivity index (χ2n) is 6.81. The quantitative estimate of drug-likeness (QED) is 0.583. The number of aryl methyl sites for hydroxylation is 1. The number of carboxylic acid groups (broad SMARTS) is 1. The molecule has 0 saturated carbocycles. The van der Waals surface area contributed by atoms with E-state index in [-0.39, 0.29) is 5.69 Å². The van der Waals surface area contributed by atoms with Gasteiger partial charge in [-0.2, -0.15) is 0 Å². The normalized spacial score (nSPS) is 12.3. The van der Waals surface area contributed by atoms with E-state index in [0.717, 1.165) is 46.7 Å². The minimum absolute atomic E-state index is 0.0355. The lowest BCUT2D eigenvalue weighted by atomic mass is 9.94. The third-order valence-electron chi connectivity index (χ3n) is 5.17. The molecule has 3 heterocycles. The van der Waals surface area contributed by atoms with Crippen LogP contribution in [0.25, 0.3) is 28.2 Å². The summed E-state index contributed by atoms with van der Waals surface area (Å²) in [4.78, 5) is 20.1. The van der Waals surface area contributed by atoms with E-state index in [2.05, 4.69) is 38.8 Å². The Kier molecular flexibility index (Phi) is 3.79. The summed E-state index contributed by atoms with van der Waals surface area (Å²) < 4.78 is 2.15. The molecule has 0 bridgehead atoms. The Morgan fingerprint density at radius 2 is 1.79 bits per heavy atom. The van der Waals surface area contributed by atoms with Gasteiger partial charge < -0.3 is 9.67 Å². The maximum atomic E-state index is 11.4. The average Bonchev–Trinajstić information content (AvgIpc) is 3.14. The molecule has 1 N–H and O–H groups in total. The van der Waals surface area contributed by atoms with Crippen LogP contribution in [-0.2, 0) is 12.8 Å². The highest BCUT2D eigenvalue weighted by molar-refractivity contribution is 5.86. The van der Waals surface area contributed by atoms with Crippen LogP contribution < -0.4 is 0 Å². The molecule has 4 aromatic rings. The number of hydrogen-bond acceptors (Lipinski definition) is 3. The van der Waals surface area contributed by atoms with Gasteiger partial charge >= 0.3 is 5.97 Å². The lowest BCUT2D eigenvalue weighted by Gasteiger charge is -2.19. The molecule has 0 amide bonds. The van der Waals surface area contributed by atoms with Gasteiger partial charge in [-0.3, -0.25) is 4.98 Å². The third-order valence-corrected chi connectivity index (χ3v) is 5.17. The summed E-state index contributed by atoms with van der Waals surface area (Å²) in [7, 11) is 0. The van der Waals surface area contributed by atoms with Crippen LogP contribution in [0.1, 0.15) is 21.7 Å². The summed E-state index contributed by atoms with van der Waals surface area (Å²) >= 11 is 0. The molecule has 0 spiro atoms. The molecular weight excluding hydrogens is 350 g/mol. The van der Waals surface area contributed by atoms with E-state index in [1.54, 1.807) is 12.3 Å². The fourth-order valence-electron chi connectivity index (χ4n) is 3.93. The first-order valence-electron chi connectivity index (χ1n) is 9.16. The third kappa shape index (κ3) is 2.60. The number of aromatic nitrogens is 3. The van der Waals surface area contributed by atoms with Crippen LogP contribution in [0, 0.1) is 0 Å². The SMILES string of the molecule is O=C(O)c1cc(-n2c(-c3ccccc3)cc3c2CCc2cccnc2-3)ccn1. The maximum Gasteiger partial charge on any atom is 0.354 e. The van der Waals surface area contributed by atoms with E-state index in [4.69, 9.17) is 0 Å². The van der Waals surface area contributed by atoms with E-state index in [1.807, 2.05) is 36.5 Å². The molecule has 5 nitrogen and oxygen atoms in total. The molecule has 0 unspecified atom stereocenters. The van der Waals surface area contributed by atoms with Crippen molar-refractivity contribution in [2.24, 2.45) is 0 Å². The Hall–Kier alpha value is -3.73. The van der Waals surface area contributed by atoms with E-state index in [0.29, 0.717) is 0 Å². The number of aromatic carboxylic acids is 1.